The number of alkyl halides is 3. The van der Waals surface area contributed by atoms with Gasteiger partial charge in [-0.05, 0) is 50.5 Å². The van der Waals surface area contributed by atoms with Crippen molar-refractivity contribution < 1.29 is 32.1 Å². The van der Waals surface area contributed by atoms with Crippen LogP contribution in [0.5, 0.6) is 17.2 Å². The van der Waals surface area contributed by atoms with Gasteiger partial charge in [0, 0.05) is 29.4 Å². The molecule has 0 heterocycles. The van der Waals surface area contributed by atoms with Crippen LogP contribution < -0.4 is 9.47 Å². The molecule has 0 bridgehead atoms. The van der Waals surface area contributed by atoms with Gasteiger partial charge < -0.3 is 9.47 Å². The maximum atomic E-state index is 12.7. The number of hydrogen-bond donors (Lipinski definition) is 0. The highest BCUT2D eigenvalue weighted by Crippen LogP contribution is 2.78. The second-order valence-electron chi connectivity index (χ2n) is 8.57. The second-order valence-corrected chi connectivity index (χ2v) is 20.9. The van der Waals surface area contributed by atoms with Crippen LogP contribution in [0.15, 0.2) is 36.4 Å². The zero-order chi connectivity index (χ0) is 30.9. The lowest BCUT2D eigenvalue weighted by Crippen LogP contribution is -2.04. The molecule has 0 N–H and O–H groups in total. The SMILES string of the molecule is CCCCSP(=O)(SCCCC)SCCCC.CCOc1cc(Oc2ccc(C(F)(F)F)cc2Cl)ccc1[N+](=O)[O-]. The quantitative estimate of drug-likeness (QED) is 0.0709. The first-order valence-electron chi connectivity index (χ1n) is 13.4. The molecule has 0 fully saturated rings. The molecular formula is C27H38ClF3NO5PS3. The van der Waals surface area contributed by atoms with Gasteiger partial charge in [-0.1, -0.05) is 85.8 Å². The molecular weight excluding hydrogens is 638 g/mol. The monoisotopic (exact) mass is 675 g/mol. The summed E-state index contributed by atoms with van der Waals surface area (Å²) in [5.41, 5.74) is -1.15. The Morgan fingerprint density at radius 1 is 0.878 bits per heavy atom. The summed E-state index contributed by atoms with van der Waals surface area (Å²) in [6.07, 6.45) is 2.66. The molecule has 0 saturated carbocycles. The van der Waals surface area contributed by atoms with E-state index >= 15 is 0 Å². The average molecular weight is 676 g/mol. The number of nitrogens with zero attached hydrogens (tertiary/aromatic N) is 1. The molecule has 0 saturated heterocycles. The summed E-state index contributed by atoms with van der Waals surface area (Å²) < 4.78 is 59.0. The molecule has 0 aliphatic heterocycles. The Labute approximate surface area is 258 Å². The lowest BCUT2D eigenvalue weighted by molar-refractivity contribution is -0.385. The highest BCUT2D eigenvalue weighted by atomic mass is 35.5. The van der Waals surface area contributed by atoms with E-state index in [1.165, 1.54) is 56.7 Å². The largest absolute Gasteiger partial charge is 0.487 e. The van der Waals surface area contributed by atoms with Crippen molar-refractivity contribution in [3.8, 4) is 17.2 Å². The van der Waals surface area contributed by atoms with Gasteiger partial charge in [0.2, 0.25) is 10.5 Å². The normalized spacial score (nSPS) is 11.5. The summed E-state index contributed by atoms with van der Waals surface area (Å²) >= 11 is 11.0. The fourth-order valence-corrected chi connectivity index (χ4v) is 15.2. The van der Waals surface area contributed by atoms with Crippen LogP contribution in [0.2, 0.25) is 5.02 Å². The van der Waals surface area contributed by atoms with Gasteiger partial charge in [-0.25, -0.2) is 0 Å². The molecule has 0 aliphatic carbocycles. The molecule has 0 unspecified atom stereocenters. The van der Waals surface area contributed by atoms with Crippen molar-refractivity contribution in [1.29, 1.82) is 0 Å². The van der Waals surface area contributed by atoms with Crippen molar-refractivity contribution in [2.24, 2.45) is 0 Å². The third-order valence-corrected chi connectivity index (χ3v) is 18.0. The Bertz CT molecular complexity index is 1090. The van der Waals surface area contributed by atoms with E-state index in [0.29, 0.717) is 0 Å². The topological polar surface area (TPSA) is 78.7 Å². The predicted molar refractivity (Wildman–Crippen MR) is 170 cm³/mol. The average Bonchev–Trinajstić information content (AvgIpc) is 2.90. The van der Waals surface area contributed by atoms with E-state index in [1.54, 1.807) is 41.1 Å². The first-order chi connectivity index (χ1) is 19.4. The maximum absolute atomic E-state index is 12.7. The van der Waals surface area contributed by atoms with Gasteiger partial charge in [-0.3, -0.25) is 14.7 Å². The van der Waals surface area contributed by atoms with E-state index in [-0.39, 0.29) is 34.6 Å². The molecule has 2 aromatic rings. The number of rotatable bonds is 17. The molecule has 232 valence electrons. The molecule has 6 nitrogen and oxygen atoms in total. The van der Waals surface area contributed by atoms with Crippen LogP contribution in [0, 0.1) is 10.1 Å². The number of nitro groups is 1. The van der Waals surface area contributed by atoms with Gasteiger partial charge in [0.15, 0.2) is 0 Å². The lowest BCUT2D eigenvalue weighted by atomic mass is 10.2. The van der Waals surface area contributed by atoms with E-state index in [0.717, 1.165) is 35.5 Å². The minimum atomic E-state index is -4.52. The van der Waals surface area contributed by atoms with Gasteiger partial charge in [-0.15, -0.1) is 0 Å². The van der Waals surface area contributed by atoms with Gasteiger partial charge in [0.1, 0.15) is 11.5 Å². The molecule has 0 radical (unpaired) electrons. The third kappa shape index (κ3) is 14.7. The van der Waals surface area contributed by atoms with E-state index < -0.39 is 21.4 Å². The molecule has 2 rings (SSSR count). The molecule has 0 spiro atoms. The summed E-state index contributed by atoms with van der Waals surface area (Å²) in [6, 6.07) is 6.40. The number of benzene rings is 2. The Hall–Kier alpha value is -1.20. The zero-order valence-electron chi connectivity index (χ0n) is 23.7. The fraction of sp³-hybridized carbons (Fsp3) is 0.556. The molecule has 0 aliphatic rings. The Balaban J connectivity index is 0.000000438. The fourth-order valence-electron chi connectivity index (χ4n) is 2.94. The molecule has 0 atom stereocenters. The molecule has 14 heteroatoms. The molecule has 2 aromatic carbocycles. The first kappa shape index (κ1) is 37.8. The van der Waals surface area contributed by atoms with Crippen molar-refractivity contribution in [3.63, 3.8) is 0 Å². The van der Waals surface area contributed by atoms with Crippen LogP contribution in [0.3, 0.4) is 0 Å². The summed E-state index contributed by atoms with van der Waals surface area (Å²) in [5, 5.41) is 10.7. The second kappa shape index (κ2) is 19.9. The van der Waals surface area contributed by atoms with Crippen LogP contribution in [0.1, 0.15) is 71.8 Å². The van der Waals surface area contributed by atoms with Crippen molar-refractivity contribution in [1.82, 2.24) is 0 Å². The summed E-state index contributed by atoms with van der Waals surface area (Å²) in [4.78, 5) is 10.3. The summed E-state index contributed by atoms with van der Waals surface area (Å²) in [5.74, 6) is 3.30. The number of hydrogen-bond acceptors (Lipinski definition) is 8. The highest BCUT2D eigenvalue weighted by molar-refractivity contribution is 9.14. The van der Waals surface area contributed by atoms with Crippen molar-refractivity contribution >= 4 is 56.2 Å². The van der Waals surface area contributed by atoms with Crippen LogP contribution in [-0.2, 0) is 10.7 Å². The maximum Gasteiger partial charge on any atom is 0.416 e. The third-order valence-electron chi connectivity index (χ3n) is 5.16. The smallest absolute Gasteiger partial charge is 0.416 e. The van der Waals surface area contributed by atoms with Crippen molar-refractivity contribution in [2.45, 2.75) is 72.4 Å². The predicted octanol–water partition coefficient (Wildman–Crippen LogP) is 12.2. The van der Waals surface area contributed by atoms with E-state index in [2.05, 4.69) is 20.8 Å². The highest BCUT2D eigenvalue weighted by Gasteiger charge is 2.31. The van der Waals surface area contributed by atoms with Crippen LogP contribution >= 0.6 is 50.5 Å². The number of nitro benzene ring substituents is 1. The van der Waals surface area contributed by atoms with Gasteiger partial charge in [0.25, 0.3) is 0 Å². The van der Waals surface area contributed by atoms with E-state index in [1.807, 2.05) is 0 Å². The summed E-state index contributed by atoms with van der Waals surface area (Å²) in [6.45, 7) is 8.44. The number of ether oxygens (including phenoxy) is 2. The van der Waals surface area contributed by atoms with Gasteiger partial charge >= 0.3 is 11.9 Å². The first-order valence-corrected chi connectivity index (χ1v) is 20.3. The number of halogens is 4. The van der Waals surface area contributed by atoms with Crippen LogP contribution in [0.25, 0.3) is 0 Å². The lowest BCUT2D eigenvalue weighted by Gasteiger charge is -2.15. The van der Waals surface area contributed by atoms with Crippen LogP contribution in [0.4, 0.5) is 18.9 Å². The molecule has 41 heavy (non-hydrogen) atoms. The van der Waals surface area contributed by atoms with Crippen molar-refractivity contribution in [3.05, 3.63) is 57.1 Å². The Kier molecular flexibility index (Phi) is 18.3. The summed E-state index contributed by atoms with van der Waals surface area (Å²) in [7, 11) is 0. The van der Waals surface area contributed by atoms with Crippen molar-refractivity contribution in [2.75, 3.05) is 23.9 Å². The Morgan fingerprint density at radius 2 is 1.41 bits per heavy atom. The molecule has 0 amide bonds. The van der Waals surface area contributed by atoms with E-state index in [4.69, 9.17) is 21.1 Å². The zero-order valence-corrected chi connectivity index (χ0v) is 27.8. The van der Waals surface area contributed by atoms with E-state index in [9.17, 15) is 27.9 Å². The molecule has 0 aromatic heterocycles. The minimum Gasteiger partial charge on any atom is -0.487 e. The minimum absolute atomic E-state index is 0.0111. The standard InChI is InChI=1S/C15H11ClF3NO4.C12H27OPS3/c1-2-23-14-8-10(4-5-12(14)20(21)22)24-13-6-3-9(7-11(13)16)15(17,18)19;1-4-7-10-15-14(13,16-11-8-5-2)17-12-9-6-3/h3-8H,2H2,1H3;4-12H2,1-3H3. The van der Waals surface area contributed by atoms with Crippen LogP contribution in [-0.4, -0.2) is 28.8 Å². The van der Waals surface area contributed by atoms with Gasteiger partial charge in [0.05, 0.1) is 22.1 Å². The Morgan fingerprint density at radius 3 is 1.83 bits per heavy atom. The number of unbranched alkanes of at least 4 members (excludes halogenated alkanes) is 3. The van der Waals surface area contributed by atoms with Gasteiger partial charge in [-0.2, -0.15) is 13.2 Å².